The molecule has 0 unspecified atom stereocenters. The van der Waals surface area contributed by atoms with Crippen molar-refractivity contribution in [3.8, 4) is 5.75 Å². The maximum absolute atomic E-state index is 12.3. The zero-order valence-corrected chi connectivity index (χ0v) is 13.7. The van der Waals surface area contributed by atoms with Crippen LogP contribution in [0.25, 0.3) is 0 Å². The van der Waals surface area contributed by atoms with E-state index < -0.39 is 0 Å². The predicted octanol–water partition coefficient (Wildman–Crippen LogP) is 4.39. The molecule has 0 radical (unpaired) electrons. The monoisotopic (exact) mass is 364 g/mol. The van der Waals surface area contributed by atoms with Gasteiger partial charge in [-0.2, -0.15) is 0 Å². The topological polar surface area (TPSA) is 26.3 Å². The number of carbonyl (C=O) groups is 1. The van der Waals surface area contributed by atoms with Gasteiger partial charge in [0.05, 0.1) is 6.61 Å². The van der Waals surface area contributed by atoms with Crippen molar-refractivity contribution in [1.29, 1.82) is 0 Å². The van der Waals surface area contributed by atoms with Gasteiger partial charge in [-0.3, -0.25) is 4.79 Å². The van der Waals surface area contributed by atoms with Crippen LogP contribution in [0.4, 0.5) is 0 Å². The smallest absolute Gasteiger partial charge is 0.141 e. The van der Waals surface area contributed by atoms with E-state index in [-0.39, 0.29) is 5.78 Å². The number of benzene rings is 2. The molecule has 0 fully saturated rings. The number of fused-ring (bicyclic) bond motifs is 1. The Bertz CT molecular complexity index is 680. The molecule has 2 aromatic rings. The van der Waals surface area contributed by atoms with Crippen molar-refractivity contribution in [2.24, 2.45) is 0 Å². The van der Waals surface area contributed by atoms with Crippen molar-refractivity contribution < 1.29 is 9.53 Å². The molecule has 21 heavy (non-hydrogen) atoms. The second-order valence-electron chi connectivity index (χ2n) is 5.17. The first kappa shape index (κ1) is 14.6. The van der Waals surface area contributed by atoms with Crippen LogP contribution in [-0.4, -0.2) is 12.4 Å². The van der Waals surface area contributed by atoms with Gasteiger partial charge in [0.2, 0.25) is 0 Å². The molecule has 1 aliphatic heterocycles. The molecule has 0 bridgehead atoms. The Balaban J connectivity index is 1.75. The third-order valence-corrected chi connectivity index (χ3v) is 4.24. The molecule has 2 nitrogen and oxygen atoms in total. The summed E-state index contributed by atoms with van der Waals surface area (Å²) in [5.74, 6) is 1.07. The van der Waals surface area contributed by atoms with Gasteiger partial charge in [0.15, 0.2) is 0 Å². The van der Waals surface area contributed by atoms with E-state index in [2.05, 4.69) is 22.0 Å². The van der Waals surface area contributed by atoms with Gasteiger partial charge in [-0.15, -0.1) is 0 Å². The van der Waals surface area contributed by atoms with Crippen molar-refractivity contribution >= 4 is 33.3 Å². The molecule has 3 rings (SSSR count). The third-order valence-electron chi connectivity index (χ3n) is 3.53. The first-order valence-corrected chi connectivity index (χ1v) is 7.99. The van der Waals surface area contributed by atoms with E-state index >= 15 is 0 Å². The second-order valence-corrected chi connectivity index (χ2v) is 6.52. The summed E-state index contributed by atoms with van der Waals surface area (Å²) in [7, 11) is 0. The Hall–Kier alpha value is -1.32. The lowest BCUT2D eigenvalue weighted by atomic mass is 10.00. The molecule has 0 amide bonds. The first-order chi connectivity index (χ1) is 10.1. The fourth-order valence-electron chi connectivity index (χ4n) is 2.58. The maximum Gasteiger partial charge on any atom is 0.141 e. The highest BCUT2D eigenvalue weighted by molar-refractivity contribution is 9.10. The SMILES string of the molecule is O=C(Cc1ccc(Cl)cc1)Cc1cc(Br)cc2c1OCC2. The summed E-state index contributed by atoms with van der Waals surface area (Å²) in [5.41, 5.74) is 3.13. The molecule has 0 spiro atoms. The van der Waals surface area contributed by atoms with Crippen LogP contribution in [-0.2, 0) is 24.1 Å². The average molecular weight is 366 g/mol. The molecule has 2 aromatic carbocycles. The quantitative estimate of drug-likeness (QED) is 0.803. The fraction of sp³-hybridized carbons (Fsp3) is 0.235. The number of Topliss-reactive ketones (excluding diaryl/α,β-unsaturated/α-hetero) is 1. The standard InChI is InChI=1S/C17H14BrClO2/c18-14-8-12-5-6-21-17(12)13(9-14)10-16(20)7-11-1-3-15(19)4-2-11/h1-4,8-9H,5-7,10H2. The number of rotatable bonds is 4. The molecule has 1 heterocycles. The Morgan fingerprint density at radius 1 is 1.19 bits per heavy atom. The van der Waals surface area contributed by atoms with E-state index in [1.54, 1.807) is 0 Å². The summed E-state index contributed by atoms with van der Waals surface area (Å²) in [4.78, 5) is 12.3. The highest BCUT2D eigenvalue weighted by Crippen LogP contribution is 2.33. The van der Waals surface area contributed by atoms with Gasteiger partial charge >= 0.3 is 0 Å². The summed E-state index contributed by atoms with van der Waals surface area (Å²) < 4.78 is 6.66. The number of hydrogen-bond acceptors (Lipinski definition) is 2. The van der Waals surface area contributed by atoms with Crippen molar-refractivity contribution in [2.45, 2.75) is 19.3 Å². The van der Waals surface area contributed by atoms with Crippen molar-refractivity contribution in [3.63, 3.8) is 0 Å². The zero-order valence-electron chi connectivity index (χ0n) is 11.4. The lowest BCUT2D eigenvalue weighted by Gasteiger charge is -2.09. The zero-order chi connectivity index (χ0) is 14.8. The summed E-state index contributed by atoms with van der Waals surface area (Å²) in [6, 6.07) is 11.4. The Morgan fingerprint density at radius 2 is 1.95 bits per heavy atom. The van der Waals surface area contributed by atoms with E-state index in [9.17, 15) is 4.79 Å². The summed E-state index contributed by atoms with van der Waals surface area (Å²) in [5, 5.41) is 0.685. The molecular weight excluding hydrogens is 352 g/mol. The van der Waals surface area contributed by atoms with Gasteiger partial charge in [-0.05, 0) is 35.4 Å². The Labute approximate surface area is 137 Å². The molecule has 0 saturated heterocycles. The molecule has 0 N–H and O–H groups in total. The molecule has 108 valence electrons. The van der Waals surface area contributed by atoms with Crippen LogP contribution < -0.4 is 4.74 Å². The maximum atomic E-state index is 12.3. The van der Waals surface area contributed by atoms with Gasteiger partial charge in [-0.25, -0.2) is 0 Å². The predicted molar refractivity (Wildman–Crippen MR) is 87.2 cm³/mol. The van der Waals surface area contributed by atoms with Crippen LogP contribution in [0, 0.1) is 0 Å². The molecule has 1 aliphatic rings. The minimum absolute atomic E-state index is 0.174. The number of halogens is 2. The van der Waals surface area contributed by atoms with Gasteiger partial charge in [0.25, 0.3) is 0 Å². The van der Waals surface area contributed by atoms with E-state index in [0.29, 0.717) is 24.5 Å². The Morgan fingerprint density at radius 3 is 2.71 bits per heavy atom. The average Bonchev–Trinajstić information content (AvgIpc) is 2.89. The second kappa shape index (κ2) is 6.20. The van der Waals surface area contributed by atoms with Crippen LogP contribution >= 0.6 is 27.5 Å². The highest BCUT2D eigenvalue weighted by atomic mass is 79.9. The largest absolute Gasteiger partial charge is 0.493 e. The molecule has 0 aliphatic carbocycles. The number of ketones is 1. The van der Waals surface area contributed by atoms with E-state index in [0.717, 1.165) is 27.8 Å². The number of ether oxygens (including phenoxy) is 1. The van der Waals surface area contributed by atoms with Crippen LogP contribution in [0.15, 0.2) is 40.9 Å². The van der Waals surface area contributed by atoms with E-state index in [4.69, 9.17) is 16.3 Å². The van der Waals surface area contributed by atoms with Crippen molar-refractivity contribution in [3.05, 3.63) is 62.6 Å². The minimum atomic E-state index is 0.174. The van der Waals surface area contributed by atoms with Crippen molar-refractivity contribution in [2.75, 3.05) is 6.61 Å². The van der Waals surface area contributed by atoms with Crippen LogP contribution in [0.3, 0.4) is 0 Å². The third kappa shape index (κ3) is 3.47. The van der Waals surface area contributed by atoms with E-state index in [1.807, 2.05) is 30.3 Å². The molecular formula is C17H14BrClO2. The molecule has 0 saturated carbocycles. The number of carbonyl (C=O) groups excluding carboxylic acids is 1. The fourth-order valence-corrected chi connectivity index (χ4v) is 3.26. The van der Waals surface area contributed by atoms with Gasteiger partial charge < -0.3 is 4.74 Å². The number of hydrogen-bond donors (Lipinski definition) is 0. The summed E-state index contributed by atoms with van der Waals surface area (Å²) in [6.45, 7) is 0.699. The Kier molecular flexibility index (Phi) is 4.32. The molecule has 0 atom stereocenters. The normalized spacial score (nSPS) is 12.9. The molecule has 0 aromatic heterocycles. The van der Waals surface area contributed by atoms with Crippen LogP contribution in [0.2, 0.25) is 5.02 Å². The lowest BCUT2D eigenvalue weighted by Crippen LogP contribution is -2.07. The van der Waals surface area contributed by atoms with Crippen LogP contribution in [0.1, 0.15) is 16.7 Å². The van der Waals surface area contributed by atoms with Crippen LogP contribution in [0.5, 0.6) is 5.75 Å². The highest BCUT2D eigenvalue weighted by Gasteiger charge is 2.19. The van der Waals surface area contributed by atoms with Gasteiger partial charge in [0.1, 0.15) is 11.5 Å². The summed E-state index contributed by atoms with van der Waals surface area (Å²) >= 11 is 9.35. The minimum Gasteiger partial charge on any atom is -0.493 e. The lowest BCUT2D eigenvalue weighted by molar-refractivity contribution is -0.117. The van der Waals surface area contributed by atoms with Crippen molar-refractivity contribution in [1.82, 2.24) is 0 Å². The molecule has 4 heteroatoms. The summed E-state index contributed by atoms with van der Waals surface area (Å²) in [6.07, 6.45) is 1.72. The first-order valence-electron chi connectivity index (χ1n) is 6.82. The van der Waals surface area contributed by atoms with E-state index in [1.165, 1.54) is 5.56 Å². The van der Waals surface area contributed by atoms with Gasteiger partial charge in [-0.1, -0.05) is 39.7 Å². The van der Waals surface area contributed by atoms with Gasteiger partial charge in [0, 0.05) is 34.3 Å².